The lowest BCUT2D eigenvalue weighted by Gasteiger charge is -2.12. The Morgan fingerprint density at radius 3 is 1.59 bits per heavy atom. The topological polar surface area (TPSA) is 61.7 Å². The smallest absolute Gasteiger partial charge is 0.238 e. The second-order valence-electron chi connectivity index (χ2n) is 16.0. The molecular formula is C57H35N5O. The summed E-state index contributed by atoms with van der Waals surface area (Å²) in [6.45, 7) is 0. The van der Waals surface area contributed by atoms with E-state index in [2.05, 4.69) is 149 Å². The summed E-state index contributed by atoms with van der Waals surface area (Å²) in [6, 6.07) is 74.5. The Balaban J connectivity index is 1.04. The second kappa shape index (κ2) is 14.0. The molecule has 0 radical (unpaired) electrons. The van der Waals surface area contributed by atoms with Gasteiger partial charge in [-0.1, -0.05) is 170 Å². The van der Waals surface area contributed by atoms with Crippen LogP contribution in [0.3, 0.4) is 0 Å². The quantitative estimate of drug-likeness (QED) is 0.168. The van der Waals surface area contributed by atoms with E-state index in [1.165, 1.54) is 21.8 Å². The van der Waals surface area contributed by atoms with Crippen molar-refractivity contribution in [1.29, 1.82) is 0 Å². The monoisotopic (exact) mass is 805 g/mol. The van der Waals surface area contributed by atoms with E-state index in [0.717, 1.165) is 82.8 Å². The fraction of sp³-hybridized carbons (Fsp3) is 0. The molecule has 0 bridgehead atoms. The number of aromatic nitrogens is 5. The summed E-state index contributed by atoms with van der Waals surface area (Å²) in [6.07, 6.45) is 0. The lowest BCUT2D eigenvalue weighted by molar-refractivity contribution is 0.670. The summed E-state index contributed by atoms with van der Waals surface area (Å²) >= 11 is 0. The molecule has 13 aromatic rings. The van der Waals surface area contributed by atoms with E-state index in [4.69, 9.17) is 19.4 Å². The van der Waals surface area contributed by atoms with Crippen LogP contribution in [0, 0.1) is 0 Å². The average Bonchev–Trinajstić information content (AvgIpc) is 4.02. The summed E-state index contributed by atoms with van der Waals surface area (Å²) in [7, 11) is 0. The van der Waals surface area contributed by atoms with E-state index in [9.17, 15) is 0 Å². The van der Waals surface area contributed by atoms with Gasteiger partial charge in [0, 0.05) is 49.1 Å². The van der Waals surface area contributed by atoms with E-state index in [0.29, 0.717) is 17.6 Å². The van der Waals surface area contributed by atoms with Crippen LogP contribution < -0.4 is 0 Å². The molecule has 0 amide bonds. The Hall–Kier alpha value is -8.61. The van der Waals surface area contributed by atoms with Gasteiger partial charge in [-0.15, -0.1) is 0 Å². The third kappa shape index (κ3) is 5.55. The number of furan rings is 1. The molecule has 6 heteroatoms. The Morgan fingerprint density at radius 2 is 0.889 bits per heavy atom. The SMILES string of the molecule is c1ccc(-c2nc(-c3ccccc3)nc(-n3c4ccccc4c4c(-c5ccc(-c6ccc7c8ccccc8n(-c8ccccc8)c7c6)cc5)cc5c6ccccc6oc5c43)n2)cc1. The zero-order chi connectivity index (χ0) is 41.4. The summed E-state index contributed by atoms with van der Waals surface area (Å²) in [5.74, 6) is 1.71. The molecule has 0 aliphatic heterocycles. The number of hydrogen-bond acceptors (Lipinski definition) is 4. The van der Waals surface area contributed by atoms with Gasteiger partial charge in [-0.25, -0.2) is 4.98 Å². The Bertz CT molecular complexity index is 3830. The van der Waals surface area contributed by atoms with Gasteiger partial charge < -0.3 is 8.98 Å². The third-order valence-corrected chi connectivity index (χ3v) is 12.4. The lowest BCUT2D eigenvalue weighted by Crippen LogP contribution is -2.06. The van der Waals surface area contributed by atoms with Crippen LogP contribution in [0.15, 0.2) is 217 Å². The molecule has 0 fully saturated rings. The van der Waals surface area contributed by atoms with E-state index < -0.39 is 0 Å². The molecule has 0 spiro atoms. The van der Waals surface area contributed by atoms with Crippen molar-refractivity contribution in [1.82, 2.24) is 24.1 Å². The highest BCUT2D eigenvalue weighted by atomic mass is 16.3. The minimum absolute atomic E-state index is 0.520. The molecule has 9 aromatic carbocycles. The number of hydrogen-bond donors (Lipinski definition) is 0. The van der Waals surface area contributed by atoms with Crippen LogP contribution in [0.1, 0.15) is 0 Å². The minimum Gasteiger partial charge on any atom is -0.454 e. The number of benzene rings is 9. The first-order valence-electron chi connectivity index (χ1n) is 21.2. The van der Waals surface area contributed by atoms with Gasteiger partial charge in [0.1, 0.15) is 11.1 Å². The van der Waals surface area contributed by atoms with E-state index in [-0.39, 0.29) is 0 Å². The van der Waals surface area contributed by atoms with Crippen molar-refractivity contribution in [3.8, 4) is 56.7 Å². The molecule has 6 nitrogen and oxygen atoms in total. The number of nitrogens with zero attached hydrogens (tertiary/aromatic N) is 5. The van der Waals surface area contributed by atoms with Gasteiger partial charge in [0.25, 0.3) is 0 Å². The number of rotatable bonds is 6. The van der Waals surface area contributed by atoms with Crippen molar-refractivity contribution in [2.75, 3.05) is 0 Å². The molecule has 0 unspecified atom stereocenters. The van der Waals surface area contributed by atoms with Crippen LogP contribution >= 0.6 is 0 Å². The Labute approximate surface area is 361 Å². The predicted molar refractivity (Wildman–Crippen MR) is 258 cm³/mol. The highest BCUT2D eigenvalue weighted by Gasteiger charge is 2.25. The molecule has 63 heavy (non-hydrogen) atoms. The van der Waals surface area contributed by atoms with Crippen molar-refractivity contribution in [3.05, 3.63) is 212 Å². The van der Waals surface area contributed by atoms with Gasteiger partial charge in [-0.2, -0.15) is 9.97 Å². The molecule has 13 rings (SSSR count). The molecule has 0 aliphatic carbocycles. The zero-order valence-corrected chi connectivity index (χ0v) is 33.9. The van der Waals surface area contributed by atoms with Crippen LogP contribution in [0.2, 0.25) is 0 Å². The van der Waals surface area contributed by atoms with Crippen LogP contribution in [0.4, 0.5) is 0 Å². The predicted octanol–water partition coefficient (Wildman–Crippen LogP) is 14.6. The van der Waals surface area contributed by atoms with Gasteiger partial charge in [0.05, 0.1) is 16.6 Å². The largest absolute Gasteiger partial charge is 0.454 e. The summed E-state index contributed by atoms with van der Waals surface area (Å²) < 4.78 is 11.4. The van der Waals surface area contributed by atoms with E-state index >= 15 is 0 Å². The maximum atomic E-state index is 6.86. The standard InChI is InChI=1S/C57H35N5O/c1-4-16-38(17-5-1)55-58-56(39-18-6-2-7-19-39)60-57(59-55)62-49-26-14-11-24-45(49)52-46(35-47-44-23-12-15-27-51(44)63-54(47)53(52)62)37-30-28-36(29-31-37)40-32-33-43-42-22-10-13-25-48(42)61(50(43)34-40)41-20-8-3-9-21-41/h1-35H. The maximum Gasteiger partial charge on any atom is 0.238 e. The van der Waals surface area contributed by atoms with E-state index in [1.807, 2.05) is 72.8 Å². The third-order valence-electron chi connectivity index (χ3n) is 12.4. The summed E-state index contributed by atoms with van der Waals surface area (Å²) in [5.41, 5.74) is 13.3. The maximum absolute atomic E-state index is 6.86. The van der Waals surface area contributed by atoms with Crippen LogP contribution in [-0.2, 0) is 0 Å². The van der Waals surface area contributed by atoms with Crippen molar-refractivity contribution in [3.63, 3.8) is 0 Å². The first kappa shape index (κ1) is 35.2. The van der Waals surface area contributed by atoms with Gasteiger partial charge in [-0.05, 0) is 64.7 Å². The van der Waals surface area contributed by atoms with Crippen molar-refractivity contribution < 1.29 is 4.42 Å². The van der Waals surface area contributed by atoms with E-state index in [1.54, 1.807) is 0 Å². The van der Waals surface area contributed by atoms with Crippen LogP contribution in [0.5, 0.6) is 0 Å². The molecule has 294 valence electrons. The summed E-state index contributed by atoms with van der Waals surface area (Å²) in [5, 5.41) is 6.71. The molecular weight excluding hydrogens is 771 g/mol. The summed E-state index contributed by atoms with van der Waals surface area (Å²) in [4.78, 5) is 15.5. The number of para-hydroxylation sites is 4. The molecule has 0 atom stereocenters. The Morgan fingerprint density at radius 1 is 0.349 bits per heavy atom. The first-order chi connectivity index (χ1) is 31.2. The van der Waals surface area contributed by atoms with Gasteiger partial charge in [-0.3, -0.25) is 4.57 Å². The van der Waals surface area contributed by atoms with Crippen molar-refractivity contribution >= 4 is 65.6 Å². The average molecular weight is 806 g/mol. The number of fused-ring (bicyclic) bond motifs is 10. The van der Waals surface area contributed by atoms with Crippen LogP contribution in [0.25, 0.3) is 122 Å². The lowest BCUT2D eigenvalue weighted by atomic mass is 9.95. The van der Waals surface area contributed by atoms with Crippen LogP contribution in [-0.4, -0.2) is 24.1 Å². The van der Waals surface area contributed by atoms with Gasteiger partial charge in [0.2, 0.25) is 5.95 Å². The molecule has 0 saturated carbocycles. The second-order valence-corrected chi connectivity index (χ2v) is 16.0. The fourth-order valence-electron chi connectivity index (χ4n) is 9.51. The van der Waals surface area contributed by atoms with Crippen molar-refractivity contribution in [2.45, 2.75) is 0 Å². The molecule has 0 saturated heterocycles. The molecule has 0 N–H and O–H groups in total. The normalized spacial score (nSPS) is 11.8. The van der Waals surface area contributed by atoms with Crippen molar-refractivity contribution in [2.24, 2.45) is 0 Å². The Kier molecular flexibility index (Phi) is 7.80. The molecule has 0 aliphatic rings. The first-order valence-corrected chi connectivity index (χ1v) is 21.2. The van der Waals surface area contributed by atoms with Gasteiger partial charge in [0.15, 0.2) is 17.2 Å². The van der Waals surface area contributed by atoms with Gasteiger partial charge >= 0.3 is 0 Å². The zero-order valence-electron chi connectivity index (χ0n) is 33.9. The highest BCUT2D eigenvalue weighted by Crippen LogP contribution is 2.46. The molecule has 4 aromatic heterocycles. The fourth-order valence-corrected chi connectivity index (χ4v) is 9.51. The highest BCUT2D eigenvalue weighted by molar-refractivity contribution is 6.26. The minimum atomic E-state index is 0.520. The molecule has 4 heterocycles.